The van der Waals surface area contributed by atoms with Crippen LogP contribution in [-0.4, -0.2) is 29.1 Å². The molecule has 5 nitrogen and oxygen atoms in total. The zero-order chi connectivity index (χ0) is 17.5. The van der Waals surface area contributed by atoms with Gasteiger partial charge in [0.2, 0.25) is 0 Å². The molecule has 1 fully saturated rings. The second kappa shape index (κ2) is 8.51. The Kier molecular flexibility index (Phi) is 5.88. The average Bonchev–Trinajstić information content (AvgIpc) is 2.68. The topological polar surface area (TPSA) is 54.5 Å². The molecule has 0 bridgehead atoms. The largest absolute Gasteiger partial charge is 0.445 e. The number of hydrogen-bond donors (Lipinski definition) is 1. The van der Waals surface area contributed by atoms with E-state index in [0.717, 1.165) is 49.3 Å². The summed E-state index contributed by atoms with van der Waals surface area (Å²) in [4.78, 5) is 18.9. The Morgan fingerprint density at radius 3 is 2.80 bits per heavy atom. The van der Waals surface area contributed by atoms with Gasteiger partial charge in [-0.2, -0.15) is 0 Å². The van der Waals surface area contributed by atoms with Gasteiger partial charge in [0.1, 0.15) is 12.4 Å². The number of aromatic nitrogens is 1. The van der Waals surface area contributed by atoms with Crippen molar-refractivity contribution in [2.24, 2.45) is 0 Å². The van der Waals surface area contributed by atoms with E-state index in [1.807, 2.05) is 54.4 Å². The van der Waals surface area contributed by atoms with Crippen LogP contribution in [0.4, 0.5) is 10.6 Å². The highest BCUT2D eigenvalue weighted by Crippen LogP contribution is 2.31. The second-order valence-electron chi connectivity index (χ2n) is 6.25. The molecule has 1 atom stereocenters. The second-order valence-corrected chi connectivity index (χ2v) is 6.25. The van der Waals surface area contributed by atoms with Crippen molar-refractivity contribution in [3.05, 3.63) is 59.8 Å². The van der Waals surface area contributed by atoms with E-state index in [1.165, 1.54) is 0 Å². The molecule has 3 rings (SSSR count). The van der Waals surface area contributed by atoms with Crippen LogP contribution < -0.4 is 5.32 Å². The standard InChI is InChI=1S/C20H25N3O2/c1-2-21-19-12-11-17(14-22-19)18-10-6-7-13-23(18)20(24)25-15-16-8-4-3-5-9-16/h3-5,8-9,11-12,14,18H,2,6-7,10,13,15H2,1H3,(H,21,22)/t18-/m0/s1. The maximum Gasteiger partial charge on any atom is 0.410 e. The van der Waals surface area contributed by atoms with Crippen molar-refractivity contribution in [2.45, 2.75) is 38.8 Å². The molecule has 2 aromatic rings. The Labute approximate surface area is 149 Å². The number of carbonyl (C=O) groups is 1. The number of anilines is 1. The van der Waals surface area contributed by atoms with Gasteiger partial charge in [-0.15, -0.1) is 0 Å². The first-order valence-electron chi connectivity index (χ1n) is 8.95. The van der Waals surface area contributed by atoms with Crippen molar-refractivity contribution in [3.8, 4) is 0 Å². The lowest BCUT2D eigenvalue weighted by atomic mass is 9.97. The molecular weight excluding hydrogens is 314 g/mol. The van der Waals surface area contributed by atoms with Crippen molar-refractivity contribution in [1.29, 1.82) is 0 Å². The van der Waals surface area contributed by atoms with Crippen molar-refractivity contribution < 1.29 is 9.53 Å². The first-order chi connectivity index (χ1) is 12.3. The normalized spacial score (nSPS) is 17.2. The zero-order valence-electron chi connectivity index (χ0n) is 14.6. The Morgan fingerprint density at radius 1 is 1.24 bits per heavy atom. The Hall–Kier alpha value is -2.56. The minimum atomic E-state index is -0.246. The summed E-state index contributed by atoms with van der Waals surface area (Å²) in [7, 11) is 0. The first kappa shape index (κ1) is 17.3. The Morgan fingerprint density at radius 2 is 2.08 bits per heavy atom. The maximum absolute atomic E-state index is 12.6. The van der Waals surface area contributed by atoms with Gasteiger partial charge in [-0.3, -0.25) is 0 Å². The predicted molar refractivity (Wildman–Crippen MR) is 98.3 cm³/mol. The van der Waals surface area contributed by atoms with E-state index in [1.54, 1.807) is 0 Å². The third-order valence-corrected chi connectivity index (χ3v) is 4.47. The van der Waals surface area contributed by atoms with Crippen LogP contribution in [-0.2, 0) is 11.3 Å². The van der Waals surface area contributed by atoms with Crippen molar-refractivity contribution in [1.82, 2.24) is 9.88 Å². The highest BCUT2D eigenvalue weighted by molar-refractivity contribution is 5.68. The van der Waals surface area contributed by atoms with E-state index in [2.05, 4.69) is 16.4 Å². The summed E-state index contributed by atoms with van der Waals surface area (Å²) in [5.41, 5.74) is 2.07. The molecule has 1 aromatic carbocycles. The average molecular weight is 339 g/mol. The van der Waals surface area contributed by atoms with Gasteiger partial charge in [0.25, 0.3) is 0 Å². The van der Waals surface area contributed by atoms with Crippen molar-refractivity contribution >= 4 is 11.9 Å². The monoisotopic (exact) mass is 339 g/mol. The summed E-state index contributed by atoms with van der Waals surface area (Å²) in [6, 6.07) is 13.8. The molecule has 1 aliphatic heterocycles. The van der Waals surface area contributed by atoms with Gasteiger partial charge in [-0.25, -0.2) is 9.78 Å². The van der Waals surface area contributed by atoms with Crippen LogP contribution in [0, 0.1) is 0 Å². The Bertz CT molecular complexity index is 673. The lowest BCUT2D eigenvalue weighted by Gasteiger charge is -2.35. The third-order valence-electron chi connectivity index (χ3n) is 4.47. The molecule has 1 N–H and O–H groups in total. The lowest BCUT2D eigenvalue weighted by molar-refractivity contribution is 0.0678. The highest BCUT2D eigenvalue weighted by atomic mass is 16.6. The summed E-state index contributed by atoms with van der Waals surface area (Å²) in [6.45, 7) is 3.92. The SMILES string of the molecule is CCNc1ccc([C@@H]2CCCCN2C(=O)OCc2ccccc2)cn1. The molecular formula is C20H25N3O2. The summed E-state index contributed by atoms with van der Waals surface area (Å²) < 4.78 is 5.54. The van der Waals surface area contributed by atoms with Crippen LogP contribution in [0.5, 0.6) is 0 Å². The van der Waals surface area contributed by atoms with Crippen LogP contribution in [0.25, 0.3) is 0 Å². The molecule has 0 radical (unpaired) electrons. The van der Waals surface area contributed by atoms with Gasteiger partial charge in [0.15, 0.2) is 0 Å². The number of carbonyl (C=O) groups excluding carboxylic acids is 1. The van der Waals surface area contributed by atoms with Crippen LogP contribution >= 0.6 is 0 Å². The fraction of sp³-hybridized carbons (Fsp3) is 0.400. The van der Waals surface area contributed by atoms with Gasteiger partial charge >= 0.3 is 6.09 Å². The fourth-order valence-electron chi connectivity index (χ4n) is 3.19. The number of ether oxygens (including phenoxy) is 1. The number of benzene rings is 1. The van der Waals surface area contributed by atoms with Crippen molar-refractivity contribution in [3.63, 3.8) is 0 Å². The summed E-state index contributed by atoms with van der Waals surface area (Å²) >= 11 is 0. The predicted octanol–water partition coefficient (Wildman–Crippen LogP) is 4.38. The van der Waals surface area contributed by atoms with Gasteiger partial charge in [0, 0.05) is 19.3 Å². The van der Waals surface area contributed by atoms with Crippen LogP contribution in [0.15, 0.2) is 48.7 Å². The molecule has 1 aromatic heterocycles. The van der Waals surface area contributed by atoms with E-state index in [-0.39, 0.29) is 12.1 Å². The van der Waals surface area contributed by atoms with Crippen LogP contribution in [0.2, 0.25) is 0 Å². The van der Waals surface area contributed by atoms with Crippen LogP contribution in [0.1, 0.15) is 43.4 Å². The Balaban J connectivity index is 1.66. The van der Waals surface area contributed by atoms with Gasteiger partial charge < -0.3 is 15.0 Å². The number of hydrogen-bond acceptors (Lipinski definition) is 4. The first-order valence-corrected chi connectivity index (χ1v) is 8.95. The van der Waals surface area contributed by atoms with Gasteiger partial charge in [-0.1, -0.05) is 36.4 Å². The number of nitrogens with zero attached hydrogens (tertiary/aromatic N) is 2. The zero-order valence-corrected chi connectivity index (χ0v) is 14.6. The molecule has 0 saturated carbocycles. The maximum atomic E-state index is 12.6. The molecule has 0 unspecified atom stereocenters. The highest BCUT2D eigenvalue weighted by Gasteiger charge is 2.29. The molecule has 1 saturated heterocycles. The molecule has 0 spiro atoms. The molecule has 1 aliphatic rings. The fourth-order valence-corrected chi connectivity index (χ4v) is 3.19. The van der Waals surface area contributed by atoms with E-state index in [4.69, 9.17) is 4.74 Å². The van der Waals surface area contributed by atoms with Crippen LogP contribution in [0.3, 0.4) is 0 Å². The molecule has 1 amide bonds. The summed E-state index contributed by atoms with van der Waals surface area (Å²) in [5, 5.41) is 3.19. The van der Waals surface area contributed by atoms with Gasteiger partial charge in [0.05, 0.1) is 6.04 Å². The van der Waals surface area contributed by atoms with E-state index < -0.39 is 0 Å². The quantitative estimate of drug-likeness (QED) is 0.878. The molecule has 0 aliphatic carbocycles. The van der Waals surface area contributed by atoms with E-state index in [0.29, 0.717) is 6.61 Å². The molecule has 25 heavy (non-hydrogen) atoms. The third kappa shape index (κ3) is 4.50. The van der Waals surface area contributed by atoms with E-state index in [9.17, 15) is 4.79 Å². The molecule has 2 heterocycles. The number of pyridine rings is 1. The number of nitrogens with one attached hydrogen (secondary N) is 1. The molecule has 5 heteroatoms. The number of piperidine rings is 1. The smallest absolute Gasteiger partial charge is 0.410 e. The minimum absolute atomic E-state index is 0.0419. The van der Waals surface area contributed by atoms with Crippen molar-refractivity contribution in [2.75, 3.05) is 18.4 Å². The molecule has 132 valence electrons. The number of likely N-dealkylation sites (tertiary alicyclic amines) is 1. The minimum Gasteiger partial charge on any atom is -0.445 e. The summed E-state index contributed by atoms with van der Waals surface area (Å²) in [6.07, 6.45) is 4.69. The summed E-state index contributed by atoms with van der Waals surface area (Å²) in [5.74, 6) is 0.861. The van der Waals surface area contributed by atoms with E-state index >= 15 is 0 Å². The lowest BCUT2D eigenvalue weighted by Crippen LogP contribution is -2.38. The number of rotatable bonds is 5. The number of amides is 1. The van der Waals surface area contributed by atoms with Gasteiger partial charge in [-0.05, 0) is 43.4 Å².